The Morgan fingerprint density at radius 2 is 2.09 bits per heavy atom. The molecule has 4 rings (SSSR count). The van der Waals surface area contributed by atoms with Crippen LogP contribution in [0.1, 0.15) is 18.4 Å². The van der Waals surface area contributed by atoms with Crippen molar-refractivity contribution in [3.63, 3.8) is 0 Å². The van der Waals surface area contributed by atoms with E-state index < -0.39 is 0 Å². The van der Waals surface area contributed by atoms with Gasteiger partial charge in [-0.3, -0.25) is 0 Å². The number of fused-ring (bicyclic) bond motifs is 1. The summed E-state index contributed by atoms with van der Waals surface area (Å²) in [6.07, 6.45) is 7.03. The van der Waals surface area contributed by atoms with E-state index in [1.807, 2.05) is 24.3 Å². The lowest BCUT2D eigenvalue weighted by molar-refractivity contribution is 0.216. The van der Waals surface area contributed by atoms with Gasteiger partial charge in [0.25, 0.3) is 0 Å². The Kier molecular flexibility index (Phi) is 2.93. The van der Waals surface area contributed by atoms with Crippen molar-refractivity contribution in [2.75, 3.05) is 5.73 Å². The second-order valence-corrected chi connectivity index (χ2v) is 5.92. The SMILES string of the molecule is Nc1cc(-c2ccc3c(c2)C=C[N+]3(N)C(=O)NC2CC2)ncn1. The monoisotopic (exact) mass is 309 g/mol. The maximum Gasteiger partial charge on any atom is 0.445 e. The summed E-state index contributed by atoms with van der Waals surface area (Å²) in [5.41, 5.74) is 8.98. The van der Waals surface area contributed by atoms with Crippen LogP contribution in [0.5, 0.6) is 0 Å². The molecule has 2 heterocycles. The van der Waals surface area contributed by atoms with E-state index in [0.29, 0.717) is 5.82 Å². The van der Waals surface area contributed by atoms with E-state index in [4.69, 9.17) is 11.6 Å². The van der Waals surface area contributed by atoms with Crippen LogP contribution < -0.4 is 21.5 Å². The molecule has 1 fully saturated rings. The van der Waals surface area contributed by atoms with Crippen LogP contribution >= 0.6 is 0 Å². The molecule has 23 heavy (non-hydrogen) atoms. The number of urea groups is 1. The fraction of sp³-hybridized carbons (Fsp3) is 0.188. The lowest BCUT2D eigenvalue weighted by Gasteiger charge is -2.23. The first kappa shape index (κ1) is 13.9. The lowest BCUT2D eigenvalue weighted by atomic mass is 10.1. The third kappa shape index (κ3) is 2.36. The number of hydrogen-bond acceptors (Lipinski definition) is 5. The van der Waals surface area contributed by atoms with Crippen molar-refractivity contribution in [2.45, 2.75) is 18.9 Å². The van der Waals surface area contributed by atoms with Gasteiger partial charge in [0.15, 0.2) is 5.69 Å². The molecule has 1 unspecified atom stereocenters. The minimum atomic E-state index is -0.349. The first-order valence-electron chi connectivity index (χ1n) is 7.46. The largest absolute Gasteiger partial charge is 0.445 e. The summed E-state index contributed by atoms with van der Waals surface area (Å²) < 4.78 is -0.349. The zero-order valence-corrected chi connectivity index (χ0v) is 12.4. The van der Waals surface area contributed by atoms with E-state index in [2.05, 4.69) is 15.3 Å². The highest BCUT2D eigenvalue weighted by Crippen LogP contribution is 2.36. The maximum atomic E-state index is 12.4. The molecule has 0 bridgehead atoms. The lowest BCUT2D eigenvalue weighted by Crippen LogP contribution is -2.59. The third-order valence-corrected chi connectivity index (χ3v) is 4.14. The van der Waals surface area contributed by atoms with Gasteiger partial charge in [0, 0.05) is 35.4 Å². The van der Waals surface area contributed by atoms with Crippen LogP contribution in [-0.2, 0) is 0 Å². The van der Waals surface area contributed by atoms with Crippen molar-refractivity contribution < 1.29 is 4.79 Å². The van der Waals surface area contributed by atoms with E-state index in [1.165, 1.54) is 6.33 Å². The Morgan fingerprint density at radius 1 is 1.26 bits per heavy atom. The molecule has 7 heteroatoms. The van der Waals surface area contributed by atoms with Crippen molar-refractivity contribution in [1.29, 1.82) is 0 Å². The number of quaternary nitrogens is 1. The summed E-state index contributed by atoms with van der Waals surface area (Å²) in [5, 5.41) is 2.95. The molecule has 5 N–H and O–H groups in total. The quantitative estimate of drug-likeness (QED) is 0.445. The zero-order chi connectivity index (χ0) is 16.0. The molecule has 1 atom stereocenters. The number of anilines is 1. The van der Waals surface area contributed by atoms with Gasteiger partial charge in [-0.1, -0.05) is 0 Å². The smallest absolute Gasteiger partial charge is 0.384 e. The Balaban J connectivity index is 1.68. The Labute approximate surface area is 133 Å². The number of hydrogen-bond donors (Lipinski definition) is 3. The summed E-state index contributed by atoms with van der Waals surface area (Å²) in [6, 6.07) is 7.46. The molecular weight excluding hydrogens is 292 g/mol. The Bertz CT molecular complexity index is 829. The van der Waals surface area contributed by atoms with Gasteiger partial charge in [0.05, 0.1) is 5.69 Å². The maximum absolute atomic E-state index is 12.4. The number of carbonyl (C=O) groups excluding carboxylic acids is 1. The number of rotatable bonds is 2. The van der Waals surface area contributed by atoms with Crippen LogP contribution in [0.4, 0.5) is 16.3 Å². The summed E-state index contributed by atoms with van der Waals surface area (Å²) in [4.78, 5) is 20.5. The molecular formula is C16H17N6O+. The average molecular weight is 309 g/mol. The number of nitrogens with two attached hydrogens (primary N) is 2. The molecule has 1 aliphatic carbocycles. The second-order valence-electron chi connectivity index (χ2n) is 5.92. The van der Waals surface area contributed by atoms with E-state index in [0.717, 1.165) is 35.3 Å². The highest BCUT2D eigenvalue weighted by molar-refractivity contribution is 5.95. The van der Waals surface area contributed by atoms with E-state index in [9.17, 15) is 4.79 Å². The molecule has 2 amide bonds. The van der Waals surface area contributed by atoms with Gasteiger partial charge in [-0.15, -0.1) is 4.59 Å². The van der Waals surface area contributed by atoms with Gasteiger partial charge < -0.3 is 11.1 Å². The van der Waals surface area contributed by atoms with E-state index >= 15 is 0 Å². The summed E-state index contributed by atoms with van der Waals surface area (Å²) >= 11 is 0. The number of benzene rings is 1. The highest BCUT2D eigenvalue weighted by atomic mass is 16.2. The van der Waals surface area contributed by atoms with Crippen molar-refractivity contribution in [3.8, 4) is 11.3 Å². The fourth-order valence-corrected chi connectivity index (χ4v) is 2.68. The number of nitrogen functional groups attached to an aromatic ring is 1. The minimum Gasteiger partial charge on any atom is -0.384 e. The van der Waals surface area contributed by atoms with Gasteiger partial charge >= 0.3 is 6.03 Å². The van der Waals surface area contributed by atoms with Crippen molar-refractivity contribution >= 4 is 23.6 Å². The molecule has 0 spiro atoms. The van der Waals surface area contributed by atoms with Gasteiger partial charge in [0.2, 0.25) is 0 Å². The predicted molar refractivity (Wildman–Crippen MR) is 88.4 cm³/mol. The first-order valence-corrected chi connectivity index (χ1v) is 7.46. The molecule has 116 valence electrons. The second kappa shape index (κ2) is 4.87. The number of carbonyl (C=O) groups is 1. The van der Waals surface area contributed by atoms with Crippen molar-refractivity contribution in [1.82, 2.24) is 19.9 Å². The molecule has 1 saturated carbocycles. The Hall–Kier alpha value is -2.77. The normalized spacial score (nSPS) is 22.0. The Morgan fingerprint density at radius 3 is 2.83 bits per heavy atom. The number of amides is 2. The minimum absolute atomic E-state index is 0.207. The van der Waals surface area contributed by atoms with E-state index in [-0.39, 0.29) is 16.7 Å². The predicted octanol–water partition coefficient (Wildman–Crippen LogP) is 1.76. The van der Waals surface area contributed by atoms with Crippen molar-refractivity contribution in [2.24, 2.45) is 5.84 Å². The van der Waals surface area contributed by atoms with Crippen LogP contribution in [-0.4, -0.2) is 22.0 Å². The van der Waals surface area contributed by atoms with Gasteiger partial charge in [-0.05, 0) is 25.0 Å². The van der Waals surface area contributed by atoms with Crippen LogP contribution in [0.3, 0.4) is 0 Å². The molecule has 7 nitrogen and oxygen atoms in total. The van der Waals surface area contributed by atoms with Gasteiger partial charge in [-0.25, -0.2) is 14.8 Å². The number of nitrogens with zero attached hydrogens (tertiary/aromatic N) is 3. The fourth-order valence-electron chi connectivity index (χ4n) is 2.68. The van der Waals surface area contributed by atoms with Crippen LogP contribution in [0.25, 0.3) is 17.3 Å². The molecule has 1 aromatic carbocycles. The topological polar surface area (TPSA) is 107 Å². The van der Waals surface area contributed by atoms with Crippen LogP contribution in [0.15, 0.2) is 36.8 Å². The van der Waals surface area contributed by atoms with E-state index in [1.54, 1.807) is 12.3 Å². The molecule has 0 saturated heterocycles. The number of nitrogens with one attached hydrogen (secondary N) is 1. The van der Waals surface area contributed by atoms with Gasteiger partial charge in [0.1, 0.15) is 18.3 Å². The number of aromatic nitrogens is 2. The first-order chi connectivity index (χ1) is 11.1. The molecule has 1 aromatic heterocycles. The molecule has 0 radical (unpaired) electrons. The van der Waals surface area contributed by atoms with Crippen LogP contribution in [0, 0.1) is 0 Å². The van der Waals surface area contributed by atoms with Crippen LogP contribution in [0.2, 0.25) is 0 Å². The highest BCUT2D eigenvalue weighted by Gasteiger charge is 2.42. The molecule has 2 aliphatic rings. The summed E-state index contributed by atoms with van der Waals surface area (Å²) in [6.45, 7) is 0. The van der Waals surface area contributed by atoms with Crippen molar-refractivity contribution in [3.05, 3.63) is 42.4 Å². The summed E-state index contributed by atoms with van der Waals surface area (Å²) in [5.74, 6) is 6.71. The third-order valence-electron chi connectivity index (χ3n) is 4.14. The average Bonchev–Trinajstić information content (AvgIpc) is 3.30. The standard InChI is InChI=1S/C16H16N6O/c17-15-8-13(19-9-20-15)10-1-4-14-11(7-10)5-6-22(14,18)16(23)21-12-2-3-12/h1,4-9,12H,2-3,18H2,(H2-,17,19,20,21,23)/p+1. The van der Waals surface area contributed by atoms with Gasteiger partial charge in [-0.2, -0.15) is 5.84 Å². The molecule has 2 aromatic rings. The zero-order valence-electron chi connectivity index (χ0n) is 12.4. The summed E-state index contributed by atoms with van der Waals surface area (Å²) in [7, 11) is 0. The molecule has 1 aliphatic heterocycles.